The van der Waals surface area contributed by atoms with E-state index in [-0.39, 0.29) is 19.3 Å². The van der Waals surface area contributed by atoms with Crippen molar-refractivity contribution >= 4 is 33.6 Å². The third kappa shape index (κ3) is 68.6. The summed E-state index contributed by atoms with van der Waals surface area (Å²) in [5.74, 6) is -1.64. The normalized spacial score (nSPS) is 15.0. The van der Waals surface area contributed by atoms with Gasteiger partial charge in [-0.1, -0.05) is 237 Å². The van der Waals surface area contributed by atoms with E-state index < -0.39 is 91.5 Å². The SMILES string of the molecule is CC/C=C\C/C=C\C/C=C\C/C=C\C/C=C\C/C=C\CCCCCCCCC(=O)OCC(O)COP(=O)(O)OCC(O)COP(=O)(O)OCC(COC(=O)CCCCC/C=C\C/C=C\C/C=C\C/C=C\C/C=C\CC)OC(=O)CCCCCCC/C=C\CCCCCC. The van der Waals surface area contributed by atoms with Crippen LogP contribution in [0.2, 0.25) is 0 Å². The highest BCUT2D eigenvalue weighted by molar-refractivity contribution is 7.47. The third-order valence-electron chi connectivity index (χ3n) is 14.0. The molecule has 0 aromatic rings. The molecule has 0 aliphatic carbocycles. The van der Waals surface area contributed by atoms with E-state index in [1.165, 1.54) is 25.7 Å². The van der Waals surface area contributed by atoms with Crippen LogP contribution in [0.15, 0.2) is 146 Å². The predicted octanol–water partition coefficient (Wildman–Crippen LogP) is 19.8. The summed E-state index contributed by atoms with van der Waals surface area (Å²) < 4.78 is 60.9. The molecule has 0 aliphatic heterocycles. The number of phosphoric ester groups is 2. The molecule has 0 radical (unpaired) electrons. The Morgan fingerprint density at radius 1 is 0.312 bits per heavy atom. The Balaban J connectivity index is 4.64. The second-order valence-corrected chi connectivity index (χ2v) is 25.8. The fourth-order valence-corrected chi connectivity index (χ4v) is 10.3. The molecule has 0 bridgehead atoms. The van der Waals surface area contributed by atoms with Gasteiger partial charge in [0.25, 0.3) is 0 Å². The van der Waals surface area contributed by atoms with Gasteiger partial charge in [0.15, 0.2) is 6.10 Å². The lowest BCUT2D eigenvalue weighted by atomic mass is 10.1. The van der Waals surface area contributed by atoms with Crippen molar-refractivity contribution in [1.29, 1.82) is 0 Å². The van der Waals surface area contributed by atoms with Crippen LogP contribution in [-0.2, 0) is 55.8 Å². The molecule has 0 rings (SSSR count). The molecule has 4 N–H and O–H groups in total. The summed E-state index contributed by atoms with van der Waals surface area (Å²) in [6.07, 6.45) is 80.4. The zero-order valence-corrected chi connectivity index (χ0v) is 59.2. The Morgan fingerprint density at radius 3 is 0.925 bits per heavy atom. The minimum absolute atomic E-state index is 0.0824. The van der Waals surface area contributed by atoms with Gasteiger partial charge in [-0.05, 0) is 141 Å². The van der Waals surface area contributed by atoms with Gasteiger partial charge < -0.3 is 34.2 Å². The summed E-state index contributed by atoms with van der Waals surface area (Å²) in [6, 6.07) is 0. The summed E-state index contributed by atoms with van der Waals surface area (Å²) in [5.41, 5.74) is 0. The van der Waals surface area contributed by atoms with Crippen LogP contribution in [-0.4, -0.2) is 95.9 Å². The molecule has 5 unspecified atom stereocenters. The number of carbonyl (C=O) groups is 3. The number of phosphoric acid groups is 2. The molecule has 0 amide bonds. The van der Waals surface area contributed by atoms with E-state index in [1.807, 2.05) is 0 Å². The lowest BCUT2D eigenvalue weighted by molar-refractivity contribution is -0.161. The average molecular weight is 1340 g/mol. The van der Waals surface area contributed by atoms with Gasteiger partial charge in [-0.2, -0.15) is 0 Å². The fraction of sp³-hybridized carbons (Fsp3) is 0.640. The van der Waals surface area contributed by atoms with Gasteiger partial charge in [0, 0.05) is 19.3 Å². The van der Waals surface area contributed by atoms with E-state index in [4.69, 9.17) is 32.3 Å². The number of carbonyl (C=O) groups excluding carboxylic acids is 3. The van der Waals surface area contributed by atoms with Gasteiger partial charge in [-0.25, -0.2) is 9.13 Å². The van der Waals surface area contributed by atoms with Crippen LogP contribution in [0.4, 0.5) is 0 Å². The first-order valence-corrected chi connectivity index (χ1v) is 38.1. The number of allylic oxidation sites excluding steroid dienone is 24. The summed E-state index contributed by atoms with van der Waals surface area (Å²) in [6.45, 7) is 2.34. The van der Waals surface area contributed by atoms with Crippen molar-refractivity contribution in [2.75, 3.05) is 39.6 Å². The highest BCUT2D eigenvalue weighted by Gasteiger charge is 2.29. The molecule has 0 spiro atoms. The van der Waals surface area contributed by atoms with Gasteiger partial charge >= 0.3 is 33.6 Å². The second kappa shape index (κ2) is 67.4. The topological polar surface area (TPSA) is 231 Å². The molecule has 0 saturated carbocycles. The summed E-state index contributed by atoms with van der Waals surface area (Å²) in [4.78, 5) is 58.4. The van der Waals surface area contributed by atoms with Crippen LogP contribution in [0.1, 0.15) is 252 Å². The highest BCUT2D eigenvalue weighted by atomic mass is 31.2. The molecule has 0 aromatic carbocycles. The molecule has 18 heteroatoms. The quantitative estimate of drug-likeness (QED) is 0.0146. The Kier molecular flexibility index (Phi) is 64.1. The standard InChI is InChI=1S/C75H124O16P2/c1-4-7-10-13-16-19-22-25-27-29-31-32-33-34-35-36-38-40-41-44-46-49-52-55-58-61-73(78)85-64-70(76)65-87-92(81,82)88-66-71(77)67-89-93(83,84)90-69-72(91-75(80)63-60-57-54-51-48-43-24-21-18-15-12-9-6-3)68-86-74(79)62-59-56-53-50-47-45-42-39-37-30-28-26-23-20-17-14-11-8-5-2/h7-8,10-11,16-17,19-21,24-28,31-32,34-35,37-40,45,47,70-72,76-77H,4-6,9,12-15,18,22-23,29-30,33,36,41-44,46,48-69H2,1-3H3,(H,81,82)(H,83,84)/b10-7-,11-8-,19-16-,20-17-,24-21-,27-25-,28-26-,32-31-,35-34-,39-37-,40-38-,47-45-. The second-order valence-electron chi connectivity index (χ2n) is 22.9. The Morgan fingerprint density at radius 2 is 0.570 bits per heavy atom. The lowest BCUT2D eigenvalue weighted by Crippen LogP contribution is -2.30. The largest absolute Gasteiger partial charge is 0.472 e. The number of rotatable bonds is 65. The predicted molar refractivity (Wildman–Crippen MR) is 380 cm³/mol. The maximum absolute atomic E-state index is 12.9. The molecular weight excluding hydrogens is 1220 g/mol. The minimum Gasteiger partial charge on any atom is -0.463 e. The number of ether oxygens (including phenoxy) is 3. The summed E-state index contributed by atoms with van der Waals surface area (Å²) in [7, 11) is -9.80. The molecule has 0 aromatic heterocycles. The Hall–Kier alpha value is -4.57. The molecular formula is C75H124O16P2. The molecule has 0 fully saturated rings. The molecule has 0 aliphatic rings. The van der Waals surface area contributed by atoms with Crippen LogP contribution in [0.25, 0.3) is 0 Å². The van der Waals surface area contributed by atoms with Crippen LogP contribution in [0, 0.1) is 0 Å². The van der Waals surface area contributed by atoms with Gasteiger partial charge in [-0.3, -0.25) is 32.5 Å². The molecule has 0 heterocycles. The van der Waals surface area contributed by atoms with Crippen LogP contribution in [0.3, 0.4) is 0 Å². The van der Waals surface area contributed by atoms with Gasteiger partial charge in [0.05, 0.1) is 26.4 Å². The van der Waals surface area contributed by atoms with Crippen LogP contribution >= 0.6 is 15.6 Å². The molecule has 5 atom stereocenters. The maximum Gasteiger partial charge on any atom is 0.472 e. The summed E-state index contributed by atoms with van der Waals surface area (Å²) in [5, 5.41) is 20.6. The first-order chi connectivity index (χ1) is 45.2. The van der Waals surface area contributed by atoms with Crippen molar-refractivity contribution in [3.63, 3.8) is 0 Å². The number of unbranched alkanes of at least 4 members (excludes halogenated alkanes) is 18. The highest BCUT2D eigenvalue weighted by Crippen LogP contribution is 2.45. The van der Waals surface area contributed by atoms with Gasteiger partial charge in [0.1, 0.15) is 25.4 Å². The van der Waals surface area contributed by atoms with E-state index in [1.54, 1.807) is 0 Å². The van der Waals surface area contributed by atoms with E-state index >= 15 is 0 Å². The van der Waals surface area contributed by atoms with Crippen molar-refractivity contribution in [2.24, 2.45) is 0 Å². The average Bonchev–Trinajstić information content (AvgIpc) is 3.74. The number of esters is 3. The number of hydrogen-bond donors (Lipinski definition) is 4. The smallest absolute Gasteiger partial charge is 0.463 e. The number of aliphatic hydroxyl groups excluding tert-OH is 2. The van der Waals surface area contributed by atoms with Crippen LogP contribution in [0.5, 0.6) is 0 Å². The zero-order chi connectivity index (χ0) is 68.1. The maximum atomic E-state index is 12.9. The first-order valence-electron chi connectivity index (χ1n) is 35.1. The van der Waals surface area contributed by atoms with E-state index in [0.29, 0.717) is 19.3 Å². The Labute approximate surface area is 562 Å². The van der Waals surface area contributed by atoms with Gasteiger partial charge in [-0.15, -0.1) is 0 Å². The molecule has 16 nitrogen and oxygen atoms in total. The fourth-order valence-electron chi connectivity index (χ4n) is 8.71. The van der Waals surface area contributed by atoms with E-state index in [0.717, 1.165) is 167 Å². The lowest BCUT2D eigenvalue weighted by Gasteiger charge is -2.21. The number of aliphatic hydroxyl groups is 2. The van der Waals surface area contributed by atoms with Crippen molar-refractivity contribution in [1.82, 2.24) is 0 Å². The minimum atomic E-state index is -4.94. The van der Waals surface area contributed by atoms with E-state index in [2.05, 4.69) is 167 Å². The zero-order valence-electron chi connectivity index (χ0n) is 57.4. The van der Waals surface area contributed by atoms with E-state index in [9.17, 15) is 43.5 Å². The number of hydrogen-bond acceptors (Lipinski definition) is 14. The van der Waals surface area contributed by atoms with Crippen molar-refractivity contribution < 1.29 is 75.8 Å². The van der Waals surface area contributed by atoms with Gasteiger partial charge in [0.2, 0.25) is 0 Å². The monoisotopic (exact) mass is 1340 g/mol. The van der Waals surface area contributed by atoms with Crippen molar-refractivity contribution in [2.45, 2.75) is 270 Å². The molecule has 93 heavy (non-hydrogen) atoms. The van der Waals surface area contributed by atoms with Crippen molar-refractivity contribution in [3.8, 4) is 0 Å². The third-order valence-corrected chi connectivity index (χ3v) is 15.9. The molecule has 530 valence electrons. The summed E-state index contributed by atoms with van der Waals surface area (Å²) >= 11 is 0. The van der Waals surface area contributed by atoms with Crippen LogP contribution < -0.4 is 0 Å². The Bertz CT molecular complexity index is 2280. The first kappa shape index (κ1) is 88.4. The van der Waals surface area contributed by atoms with Crippen molar-refractivity contribution in [3.05, 3.63) is 146 Å². The molecule has 0 saturated heterocycles.